The molecule has 3 N–H and O–H groups in total. The predicted octanol–water partition coefficient (Wildman–Crippen LogP) is 1.67. The number of nitrogens with zero attached hydrogens (tertiary/aromatic N) is 3. The standard InChI is InChI=1S/C18H32N6O/c1-2-19-18(20-11-6-14-24-15-7-12-22-24)21-13-10-17(25)23-16-8-4-3-5-9-16/h7,12,15-16H,2-6,8-11,13-14H2,1H3,(H,23,25)(H2,19,20,21). The second kappa shape index (κ2) is 11.5. The van der Waals surface area contributed by atoms with Crippen molar-refractivity contribution < 1.29 is 4.79 Å². The SMILES string of the molecule is CCNC(=NCCCn1cccn1)NCCC(=O)NC1CCCCC1. The van der Waals surface area contributed by atoms with E-state index in [-0.39, 0.29) is 5.91 Å². The third kappa shape index (κ3) is 8.05. The minimum absolute atomic E-state index is 0.133. The van der Waals surface area contributed by atoms with Gasteiger partial charge in [0.15, 0.2) is 5.96 Å². The topological polar surface area (TPSA) is 83.3 Å². The molecule has 7 nitrogen and oxygen atoms in total. The van der Waals surface area contributed by atoms with Crippen molar-refractivity contribution in [3.05, 3.63) is 18.5 Å². The second-order valence-corrected chi connectivity index (χ2v) is 6.46. The zero-order valence-corrected chi connectivity index (χ0v) is 15.3. The molecule has 1 amide bonds. The maximum Gasteiger partial charge on any atom is 0.221 e. The molecule has 0 saturated heterocycles. The van der Waals surface area contributed by atoms with Gasteiger partial charge in [-0.3, -0.25) is 14.5 Å². The Morgan fingerprint density at radius 3 is 2.84 bits per heavy atom. The van der Waals surface area contributed by atoms with E-state index in [2.05, 4.69) is 26.0 Å². The molecule has 0 atom stereocenters. The van der Waals surface area contributed by atoms with Crippen LogP contribution in [0.25, 0.3) is 0 Å². The lowest BCUT2D eigenvalue weighted by Gasteiger charge is -2.22. The molecular weight excluding hydrogens is 316 g/mol. The van der Waals surface area contributed by atoms with Crippen LogP contribution >= 0.6 is 0 Å². The van der Waals surface area contributed by atoms with Crippen LogP contribution in [0.15, 0.2) is 23.5 Å². The Balaban J connectivity index is 1.62. The minimum Gasteiger partial charge on any atom is -0.357 e. The van der Waals surface area contributed by atoms with E-state index in [0.29, 0.717) is 19.0 Å². The molecule has 0 bridgehead atoms. The highest BCUT2D eigenvalue weighted by Gasteiger charge is 2.15. The number of guanidine groups is 1. The molecule has 1 fully saturated rings. The zero-order valence-electron chi connectivity index (χ0n) is 15.3. The number of rotatable bonds is 9. The number of hydrogen-bond acceptors (Lipinski definition) is 3. The fourth-order valence-electron chi connectivity index (χ4n) is 3.04. The van der Waals surface area contributed by atoms with Crippen molar-refractivity contribution in [3.63, 3.8) is 0 Å². The monoisotopic (exact) mass is 348 g/mol. The van der Waals surface area contributed by atoms with Gasteiger partial charge in [-0.1, -0.05) is 19.3 Å². The number of aryl methyl sites for hydroxylation is 1. The lowest BCUT2D eigenvalue weighted by molar-refractivity contribution is -0.121. The summed E-state index contributed by atoms with van der Waals surface area (Å²) in [6.45, 7) is 5.03. The van der Waals surface area contributed by atoms with Gasteiger partial charge >= 0.3 is 0 Å². The van der Waals surface area contributed by atoms with E-state index in [1.807, 2.05) is 23.9 Å². The number of carbonyl (C=O) groups excluding carboxylic acids is 1. The van der Waals surface area contributed by atoms with E-state index in [0.717, 1.165) is 44.9 Å². The Morgan fingerprint density at radius 2 is 2.12 bits per heavy atom. The molecule has 1 saturated carbocycles. The van der Waals surface area contributed by atoms with Gasteiger partial charge in [-0.15, -0.1) is 0 Å². The van der Waals surface area contributed by atoms with Gasteiger partial charge in [0.25, 0.3) is 0 Å². The molecular formula is C18H32N6O. The fraction of sp³-hybridized carbons (Fsp3) is 0.722. The van der Waals surface area contributed by atoms with Crippen molar-refractivity contribution in [3.8, 4) is 0 Å². The highest BCUT2D eigenvalue weighted by molar-refractivity contribution is 5.81. The zero-order chi connectivity index (χ0) is 17.7. The first-order chi connectivity index (χ1) is 12.3. The van der Waals surface area contributed by atoms with Gasteiger partial charge < -0.3 is 16.0 Å². The summed E-state index contributed by atoms with van der Waals surface area (Å²) in [4.78, 5) is 16.6. The fourth-order valence-corrected chi connectivity index (χ4v) is 3.04. The minimum atomic E-state index is 0.133. The van der Waals surface area contributed by atoms with Crippen LogP contribution in [0.1, 0.15) is 51.9 Å². The summed E-state index contributed by atoms with van der Waals surface area (Å²) in [6.07, 6.45) is 11.2. The van der Waals surface area contributed by atoms with Crippen LogP contribution in [0.4, 0.5) is 0 Å². The molecule has 1 aliphatic carbocycles. The summed E-state index contributed by atoms with van der Waals surface area (Å²) in [6, 6.07) is 2.30. The largest absolute Gasteiger partial charge is 0.357 e. The molecule has 0 spiro atoms. The quantitative estimate of drug-likeness (QED) is 0.360. The first-order valence-corrected chi connectivity index (χ1v) is 9.57. The summed E-state index contributed by atoms with van der Waals surface area (Å²) < 4.78 is 1.91. The molecule has 1 heterocycles. The average molecular weight is 348 g/mol. The van der Waals surface area contributed by atoms with Crippen molar-refractivity contribution in [2.45, 2.75) is 64.5 Å². The smallest absolute Gasteiger partial charge is 0.221 e. The highest BCUT2D eigenvalue weighted by Crippen LogP contribution is 2.17. The molecule has 0 aromatic carbocycles. The number of aliphatic imine (C=N–C) groups is 1. The Morgan fingerprint density at radius 1 is 1.28 bits per heavy atom. The summed E-state index contributed by atoms with van der Waals surface area (Å²) in [5.41, 5.74) is 0. The van der Waals surface area contributed by atoms with E-state index in [1.54, 1.807) is 6.20 Å². The molecule has 7 heteroatoms. The molecule has 25 heavy (non-hydrogen) atoms. The first-order valence-electron chi connectivity index (χ1n) is 9.57. The maximum absolute atomic E-state index is 12.0. The van der Waals surface area contributed by atoms with E-state index in [4.69, 9.17) is 0 Å². The molecule has 1 aromatic heterocycles. The molecule has 1 aliphatic rings. The van der Waals surface area contributed by atoms with Crippen molar-refractivity contribution in [1.29, 1.82) is 0 Å². The van der Waals surface area contributed by atoms with Gasteiger partial charge in [-0.2, -0.15) is 5.10 Å². The van der Waals surface area contributed by atoms with Gasteiger partial charge in [-0.25, -0.2) is 0 Å². The number of nitrogens with one attached hydrogen (secondary N) is 3. The van der Waals surface area contributed by atoms with Gasteiger partial charge in [0, 0.05) is 51.0 Å². The van der Waals surface area contributed by atoms with E-state index in [9.17, 15) is 4.79 Å². The van der Waals surface area contributed by atoms with Gasteiger partial charge in [0.1, 0.15) is 0 Å². The molecule has 0 aliphatic heterocycles. The van der Waals surface area contributed by atoms with Crippen LogP contribution < -0.4 is 16.0 Å². The van der Waals surface area contributed by atoms with Gasteiger partial charge in [0.2, 0.25) is 5.91 Å². The first kappa shape index (κ1) is 19.3. The third-order valence-corrected chi connectivity index (χ3v) is 4.33. The number of amides is 1. The van der Waals surface area contributed by atoms with E-state index >= 15 is 0 Å². The van der Waals surface area contributed by atoms with Crippen molar-refractivity contribution in [1.82, 2.24) is 25.7 Å². The summed E-state index contributed by atoms with van der Waals surface area (Å²) >= 11 is 0. The van der Waals surface area contributed by atoms with Crippen molar-refractivity contribution >= 4 is 11.9 Å². The summed E-state index contributed by atoms with van der Waals surface area (Å²) in [7, 11) is 0. The molecule has 0 unspecified atom stereocenters. The number of aromatic nitrogens is 2. The normalized spacial score (nSPS) is 15.8. The molecule has 140 valence electrons. The maximum atomic E-state index is 12.0. The summed E-state index contributed by atoms with van der Waals surface area (Å²) in [5, 5.41) is 13.8. The van der Waals surface area contributed by atoms with Crippen LogP contribution in [0, 0.1) is 0 Å². The Hall–Kier alpha value is -2.05. The van der Waals surface area contributed by atoms with Crippen molar-refractivity contribution in [2.75, 3.05) is 19.6 Å². The van der Waals surface area contributed by atoms with Crippen LogP contribution in [0.2, 0.25) is 0 Å². The van der Waals surface area contributed by atoms with Crippen LogP contribution in [0.3, 0.4) is 0 Å². The Kier molecular flexibility index (Phi) is 8.86. The molecule has 2 rings (SSSR count). The van der Waals surface area contributed by atoms with Gasteiger partial charge in [-0.05, 0) is 32.3 Å². The van der Waals surface area contributed by atoms with Crippen LogP contribution in [0.5, 0.6) is 0 Å². The lowest BCUT2D eigenvalue weighted by Crippen LogP contribution is -2.41. The molecule has 1 aromatic rings. The Labute approximate surface area is 150 Å². The lowest BCUT2D eigenvalue weighted by atomic mass is 9.95. The number of carbonyl (C=O) groups is 1. The van der Waals surface area contributed by atoms with Crippen LogP contribution in [-0.2, 0) is 11.3 Å². The average Bonchev–Trinajstić information content (AvgIpc) is 3.13. The van der Waals surface area contributed by atoms with E-state index in [1.165, 1.54) is 19.3 Å². The Bertz CT molecular complexity index is 508. The highest BCUT2D eigenvalue weighted by atomic mass is 16.1. The molecule has 0 radical (unpaired) electrons. The van der Waals surface area contributed by atoms with Crippen molar-refractivity contribution in [2.24, 2.45) is 4.99 Å². The second-order valence-electron chi connectivity index (χ2n) is 6.46. The van der Waals surface area contributed by atoms with E-state index < -0.39 is 0 Å². The number of hydrogen-bond donors (Lipinski definition) is 3. The third-order valence-electron chi connectivity index (χ3n) is 4.33. The van der Waals surface area contributed by atoms with Gasteiger partial charge in [0.05, 0.1) is 0 Å². The summed E-state index contributed by atoms with van der Waals surface area (Å²) in [5.74, 6) is 0.905. The van der Waals surface area contributed by atoms with Crippen LogP contribution in [-0.4, -0.2) is 47.3 Å². The predicted molar refractivity (Wildman–Crippen MR) is 100 cm³/mol.